The molecule has 0 amide bonds. The molecule has 110 valence electrons. The summed E-state index contributed by atoms with van der Waals surface area (Å²) in [5, 5.41) is 8.92. The van der Waals surface area contributed by atoms with Gasteiger partial charge in [0, 0.05) is 10.0 Å². The number of hydrogen-bond donors (Lipinski definition) is 2. The molecule has 0 aromatic heterocycles. The van der Waals surface area contributed by atoms with E-state index in [1.54, 1.807) is 19.1 Å². The van der Waals surface area contributed by atoms with Crippen molar-refractivity contribution in [2.75, 3.05) is 0 Å². The van der Waals surface area contributed by atoms with Gasteiger partial charge >= 0.3 is 5.97 Å². The number of aliphatic carboxylic acids is 1. The molecule has 0 heterocycles. The molecule has 1 aliphatic rings. The molecule has 2 N–H and O–H groups in total. The summed E-state index contributed by atoms with van der Waals surface area (Å²) in [5.74, 6) is -0.987. The molecule has 0 aliphatic heterocycles. The lowest BCUT2D eigenvalue weighted by molar-refractivity contribution is -0.139. The third-order valence-corrected chi connectivity index (χ3v) is 6.06. The van der Waals surface area contributed by atoms with Gasteiger partial charge in [-0.05, 0) is 49.9 Å². The average molecular weight is 362 g/mol. The van der Waals surface area contributed by atoms with Crippen LogP contribution in [-0.2, 0) is 14.8 Å². The second-order valence-corrected chi connectivity index (χ2v) is 7.76. The third kappa shape index (κ3) is 3.21. The van der Waals surface area contributed by atoms with Crippen LogP contribution in [0.15, 0.2) is 27.6 Å². The van der Waals surface area contributed by atoms with Crippen molar-refractivity contribution in [2.45, 2.75) is 43.0 Å². The predicted molar refractivity (Wildman–Crippen MR) is 78.0 cm³/mol. The first-order chi connectivity index (χ1) is 9.24. The Kier molecular flexibility index (Phi) is 4.22. The number of rotatable bonds is 5. The van der Waals surface area contributed by atoms with Gasteiger partial charge in [-0.15, -0.1) is 0 Å². The van der Waals surface area contributed by atoms with Crippen LogP contribution in [0.5, 0.6) is 0 Å². The van der Waals surface area contributed by atoms with E-state index in [-0.39, 0.29) is 11.3 Å². The topological polar surface area (TPSA) is 83.5 Å². The molecule has 0 saturated heterocycles. The standard InChI is InChI=1S/C13H16BrNO4S/c1-9-7-10(3-4-11(9)14)20(18,19)15-13(5-2-6-13)8-12(16)17/h3-4,7,15H,2,5-6,8H2,1H3,(H,16,17). The van der Waals surface area contributed by atoms with Crippen molar-refractivity contribution >= 4 is 31.9 Å². The van der Waals surface area contributed by atoms with Crippen LogP contribution in [0, 0.1) is 6.92 Å². The van der Waals surface area contributed by atoms with Crippen molar-refractivity contribution in [3.63, 3.8) is 0 Å². The van der Waals surface area contributed by atoms with E-state index in [1.807, 2.05) is 0 Å². The molecule has 1 aromatic rings. The zero-order chi connectivity index (χ0) is 15.0. The maximum Gasteiger partial charge on any atom is 0.305 e. The van der Waals surface area contributed by atoms with Gasteiger partial charge in [0.05, 0.1) is 11.3 Å². The van der Waals surface area contributed by atoms with E-state index in [1.165, 1.54) is 6.07 Å². The minimum atomic E-state index is -3.70. The SMILES string of the molecule is Cc1cc(S(=O)(=O)NC2(CC(=O)O)CCC2)ccc1Br. The Labute approximate surface area is 126 Å². The summed E-state index contributed by atoms with van der Waals surface area (Å²) < 4.78 is 28.1. The number of nitrogens with one attached hydrogen (secondary N) is 1. The predicted octanol–water partition coefficient (Wildman–Crippen LogP) is 2.43. The Balaban J connectivity index is 2.26. The number of carboxylic acid groups (broad SMARTS) is 1. The highest BCUT2D eigenvalue weighted by Crippen LogP contribution is 2.36. The zero-order valence-corrected chi connectivity index (χ0v) is 13.4. The summed E-state index contributed by atoms with van der Waals surface area (Å²) in [6.45, 7) is 1.81. The number of benzene rings is 1. The van der Waals surface area contributed by atoms with Gasteiger partial charge < -0.3 is 5.11 Å². The largest absolute Gasteiger partial charge is 0.481 e. The fourth-order valence-corrected chi connectivity index (χ4v) is 4.13. The van der Waals surface area contributed by atoms with Gasteiger partial charge in [0.1, 0.15) is 0 Å². The normalized spacial score (nSPS) is 17.5. The fraction of sp³-hybridized carbons (Fsp3) is 0.462. The Hall–Kier alpha value is -0.920. The second-order valence-electron chi connectivity index (χ2n) is 5.22. The van der Waals surface area contributed by atoms with Crippen molar-refractivity contribution in [1.82, 2.24) is 4.72 Å². The third-order valence-electron chi connectivity index (χ3n) is 3.59. The molecule has 0 unspecified atom stereocenters. The lowest BCUT2D eigenvalue weighted by Crippen LogP contribution is -2.54. The molecule has 1 saturated carbocycles. The molecule has 2 rings (SSSR count). The number of halogens is 1. The van der Waals surface area contributed by atoms with Crippen molar-refractivity contribution < 1.29 is 18.3 Å². The van der Waals surface area contributed by atoms with Crippen LogP contribution >= 0.6 is 15.9 Å². The summed E-state index contributed by atoms with van der Waals surface area (Å²) in [6.07, 6.45) is 1.79. The first-order valence-electron chi connectivity index (χ1n) is 6.26. The first-order valence-corrected chi connectivity index (χ1v) is 8.54. The zero-order valence-electron chi connectivity index (χ0n) is 11.0. The lowest BCUT2D eigenvalue weighted by Gasteiger charge is -2.41. The van der Waals surface area contributed by atoms with Crippen LogP contribution in [-0.4, -0.2) is 25.0 Å². The molecule has 7 heteroatoms. The summed E-state index contributed by atoms with van der Waals surface area (Å²) >= 11 is 3.32. The van der Waals surface area contributed by atoms with Gasteiger partial charge in [0.15, 0.2) is 0 Å². The monoisotopic (exact) mass is 361 g/mol. The van der Waals surface area contributed by atoms with Crippen LogP contribution in [0.25, 0.3) is 0 Å². The van der Waals surface area contributed by atoms with Crippen molar-refractivity contribution in [2.24, 2.45) is 0 Å². The van der Waals surface area contributed by atoms with E-state index < -0.39 is 21.5 Å². The number of hydrogen-bond acceptors (Lipinski definition) is 3. The average Bonchev–Trinajstić information content (AvgIpc) is 2.28. The van der Waals surface area contributed by atoms with E-state index in [9.17, 15) is 13.2 Å². The number of sulfonamides is 1. The number of carboxylic acids is 1. The van der Waals surface area contributed by atoms with Gasteiger partial charge in [-0.3, -0.25) is 4.79 Å². The van der Waals surface area contributed by atoms with Crippen LogP contribution in [0.4, 0.5) is 0 Å². The van der Waals surface area contributed by atoms with E-state index in [0.717, 1.165) is 16.5 Å². The smallest absolute Gasteiger partial charge is 0.305 e. The molecule has 0 atom stereocenters. The van der Waals surface area contributed by atoms with Gasteiger partial charge in [0.25, 0.3) is 0 Å². The van der Waals surface area contributed by atoms with E-state index in [2.05, 4.69) is 20.7 Å². The number of carbonyl (C=O) groups is 1. The summed E-state index contributed by atoms with van der Waals surface area (Å²) in [4.78, 5) is 11.0. The van der Waals surface area contributed by atoms with Crippen LogP contribution < -0.4 is 4.72 Å². The molecule has 0 spiro atoms. The molecular weight excluding hydrogens is 346 g/mol. The Morgan fingerprint density at radius 3 is 2.55 bits per heavy atom. The Morgan fingerprint density at radius 2 is 2.10 bits per heavy atom. The van der Waals surface area contributed by atoms with E-state index in [0.29, 0.717) is 12.8 Å². The maximum absolute atomic E-state index is 12.4. The molecule has 20 heavy (non-hydrogen) atoms. The number of aryl methyl sites for hydroxylation is 1. The molecule has 1 aliphatic carbocycles. The second kappa shape index (κ2) is 5.46. The molecule has 0 radical (unpaired) electrons. The minimum absolute atomic E-state index is 0.162. The van der Waals surface area contributed by atoms with Crippen molar-refractivity contribution in [3.8, 4) is 0 Å². The Morgan fingerprint density at radius 1 is 1.45 bits per heavy atom. The van der Waals surface area contributed by atoms with Gasteiger partial charge in [0.2, 0.25) is 10.0 Å². The summed E-state index contributed by atoms with van der Waals surface area (Å²) in [7, 11) is -3.70. The van der Waals surface area contributed by atoms with Gasteiger partial charge in [-0.25, -0.2) is 13.1 Å². The quantitative estimate of drug-likeness (QED) is 0.843. The lowest BCUT2D eigenvalue weighted by atomic mass is 9.75. The van der Waals surface area contributed by atoms with Crippen LogP contribution in [0.1, 0.15) is 31.2 Å². The molecule has 5 nitrogen and oxygen atoms in total. The first kappa shape index (κ1) is 15.5. The van der Waals surface area contributed by atoms with Gasteiger partial charge in [-0.2, -0.15) is 0 Å². The van der Waals surface area contributed by atoms with Gasteiger partial charge in [-0.1, -0.05) is 15.9 Å². The highest BCUT2D eigenvalue weighted by atomic mass is 79.9. The fourth-order valence-electron chi connectivity index (χ4n) is 2.34. The maximum atomic E-state index is 12.4. The van der Waals surface area contributed by atoms with Crippen molar-refractivity contribution in [1.29, 1.82) is 0 Å². The van der Waals surface area contributed by atoms with E-state index >= 15 is 0 Å². The molecular formula is C13H16BrNO4S. The van der Waals surface area contributed by atoms with E-state index in [4.69, 9.17) is 5.11 Å². The van der Waals surface area contributed by atoms with Crippen molar-refractivity contribution in [3.05, 3.63) is 28.2 Å². The molecule has 1 aromatic carbocycles. The minimum Gasteiger partial charge on any atom is -0.481 e. The van der Waals surface area contributed by atoms with Crippen LogP contribution in [0.2, 0.25) is 0 Å². The summed E-state index contributed by atoms with van der Waals surface area (Å²) in [5.41, 5.74) is -0.0141. The molecule has 0 bridgehead atoms. The highest BCUT2D eigenvalue weighted by molar-refractivity contribution is 9.10. The summed E-state index contributed by atoms with van der Waals surface area (Å²) in [6, 6.07) is 4.75. The molecule has 1 fully saturated rings. The Bertz CT molecular complexity index is 638. The van der Waals surface area contributed by atoms with Crippen LogP contribution in [0.3, 0.4) is 0 Å². The highest BCUT2D eigenvalue weighted by Gasteiger charge is 2.42.